The van der Waals surface area contributed by atoms with Crippen LogP contribution in [0.4, 0.5) is 5.69 Å². The van der Waals surface area contributed by atoms with Crippen molar-refractivity contribution in [3.8, 4) is 0 Å². The summed E-state index contributed by atoms with van der Waals surface area (Å²) in [5, 5.41) is 2.52. The summed E-state index contributed by atoms with van der Waals surface area (Å²) in [6.45, 7) is 8.98. The van der Waals surface area contributed by atoms with E-state index < -0.39 is 15.3 Å². The molecule has 3 aromatic rings. The molecule has 1 amide bonds. The summed E-state index contributed by atoms with van der Waals surface area (Å²) >= 11 is 1.48. The van der Waals surface area contributed by atoms with Gasteiger partial charge in [0.2, 0.25) is 15.9 Å². The first-order valence-corrected chi connectivity index (χ1v) is 14.2. The zero-order valence-corrected chi connectivity index (χ0v) is 22.4. The van der Waals surface area contributed by atoms with Crippen LogP contribution in [0.15, 0.2) is 94.7 Å². The molecule has 1 N–H and O–H groups in total. The Morgan fingerprint density at radius 3 is 1.83 bits per heavy atom. The Bertz CT molecular complexity index is 1170. The largest absolute Gasteiger partial charge is 0.325 e. The average molecular weight is 511 g/mol. The summed E-state index contributed by atoms with van der Waals surface area (Å²) < 4.78 is 28.1. The first kappa shape index (κ1) is 27.0. The van der Waals surface area contributed by atoms with Crippen molar-refractivity contribution in [2.45, 2.75) is 42.7 Å². The Morgan fingerprint density at radius 1 is 0.800 bits per heavy atom. The zero-order chi connectivity index (χ0) is 25.4. The van der Waals surface area contributed by atoms with Gasteiger partial charge in [-0.1, -0.05) is 76.2 Å². The summed E-state index contributed by atoms with van der Waals surface area (Å²) in [5.41, 5.74) is 1.46. The molecule has 0 aliphatic heterocycles. The van der Waals surface area contributed by atoms with Crippen LogP contribution in [0.2, 0.25) is 0 Å². The molecule has 0 aliphatic rings. The summed E-state index contributed by atoms with van der Waals surface area (Å²) in [4.78, 5) is 14.5. The van der Waals surface area contributed by atoms with Gasteiger partial charge in [0.1, 0.15) is 5.25 Å². The number of hydrogen-bond donors (Lipinski definition) is 1. The van der Waals surface area contributed by atoms with Crippen LogP contribution in [0.5, 0.6) is 0 Å². The maximum atomic E-state index is 13.3. The van der Waals surface area contributed by atoms with E-state index >= 15 is 0 Å². The lowest BCUT2D eigenvalue weighted by Crippen LogP contribution is -2.37. The number of nitrogens with one attached hydrogen (secondary N) is 1. The third kappa shape index (κ3) is 7.69. The molecule has 0 bridgehead atoms. The van der Waals surface area contributed by atoms with Crippen LogP contribution in [0.25, 0.3) is 0 Å². The van der Waals surface area contributed by atoms with Gasteiger partial charge in [-0.15, -0.1) is 11.8 Å². The van der Waals surface area contributed by atoms with E-state index in [9.17, 15) is 13.2 Å². The van der Waals surface area contributed by atoms with Gasteiger partial charge in [-0.05, 0) is 53.8 Å². The fourth-order valence-electron chi connectivity index (χ4n) is 3.69. The SMILES string of the molecule is CC(C)CN(CC(C)C)S(=O)(=O)c1ccc(NC(=O)C(Sc2ccccc2)c2ccccc2)cc1. The maximum absolute atomic E-state index is 13.3. The fraction of sp³-hybridized carbons (Fsp3) is 0.321. The molecule has 0 heterocycles. The normalized spacial score (nSPS) is 12.8. The van der Waals surface area contributed by atoms with Crippen molar-refractivity contribution in [1.82, 2.24) is 4.31 Å². The lowest BCUT2D eigenvalue weighted by atomic mass is 10.1. The highest BCUT2D eigenvalue weighted by molar-refractivity contribution is 8.00. The van der Waals surface area contributed by atoms with Crippen LogP contribution >= 0.6 is 11.8 Å². The van der Waals surface area contributed by atoms with Crippen LogP contribution in [-0.2, 0) is 14.8 Å². The molecule has 0 spiro atoms. The van der Waals surface area contributed by atoms with Gasteiger partial charge in [-0.3, -0.25) is 4.79 Å². The van der Waals surface area contributed by atoms with Crippen LogP contribution in [0.3, 0.4) is 0 Å². The number of anilines is 1. The van der Waals surface area contributed by atoms with Crippen molar-refractivity contribution in [2.75, 3.05) is 18.4 Å². The number of carbonyl (C=O) groups excluding carboxylic acids is 1. The van der Waals surface area contributed by atoms with Gasteiger partial charge in [0.25, 0.3) is 0 Å². The molecule has 35 heavy (non-hydrogen) atoms. The van der Waals surface area contributed by atoms with Crippen LogP contribution < -0.4 is 5.32 Å². The molecule has 0 aliphatic carbocycles. The van der Waals surface area contributed by atoms with Crippen molar-refractivity contribution in [1.29, 1.82) is 0 Å². The number of sulfonamides is 1. The fourth-order valence-corrected chi connectivity index (χ4v) is 6.50. The minimum absolute atomic E-state index is 0.165. The van der Waals surface area contributed by atoms with Crippen LogP contribution in [-0.4, -0.2) is 31.7 Å². The molecular weight excluding hydrogens is 476 g/mol. The van der Waals surface area contributed by atoms with Crippen LogP contribution in [0, 0.1) is 11.8 Å². The van der Waals surface area contributed by atoms with Gasteiger partial charge in [-0.2, -0.15) is 4.31 Å². The Labute approximate surface area is 214 Å². The Kier molecular flexibility index (Phi) is 9.55. The van der Waals surface area contributed by atoms with Gasteiger partial charge in [0.05, 0.1) is 4.90 Å². The monoisotopic (exact) mass is 510 g/mol. The Hall–Kier alpha value is -2.61. The Balaban J connectivity index is 1.79. The molecule has 0 radical (unpaired) electrons. The molecule has 1 atom stereocenters. The van der Waals surface area contributed by atoms with Gasteiger partial charge in [0.15, 0.2) is 0 Å². The summed E-state index contributed by atoms with van der Waals surface area (Å²) in [5.74, 6) is 0.278. The highest BCUT2D eigenvalue weighted by atomic mass is 32.2. The zero-order valence-electron chi connectivity index (χ0n) is 20.7. The second-order valence-corrected chi connectivity index (χ2v) is 12.5. The number of hydrogen-bond acceptors (Lipinski definition) is 4. The third-order valence-electron chi connectivity index (χ3n) is 5.23. The minimum Gasteiger partial charge on any atom is -0.325 e. The van der Waals surface area contributed by atoms with E-state index in [2.05, 4.69) is 5.32 Å². The number of nitrogens with zero attached hydrogens (tertiary/aromatic N) is 1. The number of amides is 1. The summed E-state index contributed by atoms with van der Waals surface area (Å²) in [6, 6.07) is 25.9. The minimum atomic E-state index is -3.62. The molecule has 0 saturated heterocycles. The molecule has 0 saturated carbocycles. The molecule has 1 unspecified atom stereocenters. The van der Waals surface area contributed by atoms with E-state index in [4.69, 9.17) is 0 Å². The highest BCUT2D eigenvalue weighted by Crippen LogP contribution is 2.36. The van der Waals surface area contributed by atoms with Crippen molar-refractivity contribution in [3.05, 3.63) is 90.5 Å². The van der Waals surface area contributed by atoms with E-state index in [0.29, 0.717) is 18.8 Å². The van der Waals surface area contributed by atoms with Gasteiger partial charge >= 0.3 is 0 Å². The molecule has 0 aromatic heterocycles. The smallest absolute Gasteiger partial charge is 0.243 e. The molecule has 3 aromatic carbocycles. The van der Waals surface area contributed by atoms with Crippen molar-refractivity contribution in [3.63, 3.8) is 0 Å². The first-order valence-electron chi connectivity index (χ1n) is 11.8. The van der Waals surface area contributed by atoms with Crippen molar-refractivity contribution in [2.24, 2.45) is 11.8 Å². The second-order valence-electron chi connectivity index (χ2n) is 9.34. The molecule has 0 fully saturated rings. The van der Waals surface area contributed by atoms with E-state index in [1.54, 1.807) is 28.6 Å². The molecule has 186 valence electrons. The van der Waals surface area contributed by atoms with Crippen LogP contribution in [0.1, 0.15) is 38.5 Å². The number of thioether (sulfide) groups is 1. The summed E-state index contributed by atoms with van der Waals surface area (Å²) in [7, 11) is -3.62. The average Bonchev–Trinajstić information content (AvgIpc) is 2.83. The standard InChI is InChI=1S/C28H34N2O3S2/c1-21(2)19-30(20-22(3)4)35(32,33)26-17-15-24(16-18-26)29-28(31)27(23-11-7-5-8-12-23)34-25-13-9-6-10-14-25/h5-18,21-22,27H,19-20H2,1-4H3,(H,29,31). The quantitative estimate of drug-likeness (QED) is 0.301. The predicted molar refractivity (Wildman–Crippen MR) is 145 cm³/mol. The van der Waals surface area contributed by atoms with Gasteiger partial charge in [-0.25, -0.2) is 8.42 Å². The third-order valence-corrected chi connectivity index (χ3v) is 8.35. The molecule has 7 heteroatoms. The van der Waals surface area contributed by atoms with Gasteiger partial charge in [0, 0.05) is 23.7 Å². The van der Waals surface area contributed by atoms with Crippen molar-refractivity contribution < 1.29 is 13.2 Å². The van der Waals surface area contributed by atoms with Gasteiger partial charge < -0.3 is 5.32 Å². The topological polar surface area (TPSA) is 66.5 Å². The van der Waals surface area contributed by atoms with E-state index in [0.717, 1.165) is 10.5 Å². The number of benzene rings is 3. The van der Waals surface area contributed by atoms with Crippen molar-refractivity contribution >= 4 is 33.4 Å². The lowest BCUT2D eigenvalue weighted by Gasteiger charge is -2.25. The second kappa shape index (κ2) is 12.4. The molecule has 3 rings (SSSR count). The van der Waals surface area contributed by atoms with E-state index in [1.807, 2.05) is 88.4 Å². The Morgan fingerprint density at radius 2 is 1.31 bits per heavy atom. The predicted octanol–water partition coefficient (Wildman–Crippen LogP) is 6.46. The molecular formula is C28H34N2O3S2. The number of rotatable bonds is 11. The first-order chi connectivity index (χ1) is 16.7. The molecule has 5 nitrogen and oxygen atoms in total. The van der Waals surface area contributed by atoms with E-state index in [-0.39, 0.29) is 22.6 Å². The number of carbonyl (C=O) groups is 1. The van der Waals surface area contributed by atoms with E-state index in [1.165, 1.54) is 11.8 Å². The lowest BCUT2D eigenvalue weighted by molar-refractivity contribution is -0.115. The summed E-state index contributed by atoms with van der Waals surface area (Å²) in [6.07, 6.45) is 0. The maximum Gasteiger partial charge on any atom is 0.243 e. The highest BCUT2D eigenvalue weighted by Gasteiger charge is 2.26.